The van der Waals surface area contributed by atoms with E-state index in [1.54, 1.807) is 29.2 Å². The first-order valence-corrected chi connectivity index (χ1v) is 10.8. The van der Waals surface area contributed by atoms with Crippen LogP contribution in [0, 0.1) is 5.41 Å². The van der Waals surface area contributed by atoms with Crippen LogP contribution in [0.25, 0.3) is 0 Å². The minimum absolute atomic E-state index is 0.0614. The summed E-state index contributed by atoms with van der Waals surface area (Å²) in [5.74, 6) is -1.07. The van der Waals surface area contributed by atoms with Crippen LogP contribution in [-0.4, -0.2) is 60.9 Å². The molecular formula is C23H30N2O6. The maximum absolute atomic E-state index is 13.0. The predicted molar refractivity (Wildman–Crippen MR) is 114 cm³/mol. The second-order valence-electron chi connectivity index (χ2n) is 8.33. The van der Waals surface area contributed by atoms with Gasteiger partial charge < -0.3 is 19.7 Å². The molecule has 1 aromatic rings. The van der Waals surface area contributed by atoms with Crippen molar-refractivity contribution in [3.63, 3.8) is 0 Å². The van der Waals surface area contributed by atoms with Gasteiger partial charge in [0.05, 0.1) is 18.6 Å². The first kappa shape index (κ1) is 22.9. The van der Waals surface area contributed by atoms with Crippen molar-refractivity contribution in [2.45, 2.75) is 52.1 Å². The fraction of sp³-hybridized carbons (Fsp3) is 0.565. The van der Waals surface area contributed by atoms with Gasteiger partial charge in [0.15, 0.2) is 11.9 Å². The SMILES string of the molecule is CC(=O)c1ccc(NC(=O)C(C)OC(=O)C2(CC(=O)N3CCOCC3)CCCC2)cc1. The fourth-order valence-corrected chi connectivity index (χ4v) is 4.09. The number of esters is 1. The Morgan fingerprint density at radius 1 is 1.10 bits per heavy atom. The highest BCUT2D eigenvalue weighted by Crippen LogP contribution is 2.43. The summed E-state index contributed by atoms with van der Waals surface area (Å²) in [6.45, 7) is 5.07. The zero-order chi connectivity index (χ0) is 22.4. The van der Waals surface area contributed by atoms with Gasteiger partial charge in [0.25, 0.3) is 5.91 Å². The lowest BCUT2D eigenvalue weighted by atomic mass is 9.82. The van der Waals surface area contributed by atoms with Crippen molar-refractivity contribution in [1.82, 2.24) is 4.90 Å². The lowest BCUT2D eigenvalue weighted by Crippen LogP contribution is -2.45. The molecule has 1 aliphatic carbocycles. The largest absolute Gasteiger partial charge is 0.452 e. The van der Waals surface area contributed by atoms with Gasteiger partial charge in [-0.05, 0) is 51.0 Å². The molecule has 1 atom stereocenters. The van der Waals surface area contributed by atoms with E-state index < -0.39 is 23.4 Å². The average Bonchev–Trinajstić information content (AvgIpc) is 3.24. The number of carbonyl (C=O) groups is 4. The molecule has 1 unspecified atom stereocenters. The van der Waals surface area contributed by atoms with Gasteiger partial charge in [-0.3, -0.25) is 19.2 Å². The number of Topliss-reactive ketones (excluding diaryl/α,β-unsaturated/α-hetero) is 1. The van der Waals surface area contributed by atoms with Gasteiger partial charge in [-0.25, -0.2) is 0 Å². The number of hydrogen-bond acceptors (Lipinski definition) is 6. The number of ketones is 1. The van der Waals surface area contributed by atoms with Crippen molar-refractivity contribution < 1.29 is 28.7 Å². The number of hydrogen-bond donors (Lipinski definition) is 1. The van der Waals surface area contributed by atoms with Gasteiger partial charge in [-0.2, -0.15) is 0 Å². The second kappa shape index (κ2) is 10.0. The van der Waals surface area contributed by atoms with Gasteiger partial charge in [0.2, 0.25) is 5.91 Å². The number of ether oxygens (including phenoxy) is 2. The number of carbonyl (C=O) groups excluding carboxylic acids is 4. The number of nitrogens with one attached hydrogen (secondary N) is 1. The molecule has 31 heavy (non-hydrogen) atoms. The molecule has 168 valence electrons. The molecule has 1 heterocycles. The van der Waals surface area contributed by atoms with Crippen LogP contribution >= 0.6 is 0 Å². The zero-order valence-electron chi connectivity index (χ0n) is 18.1. The second-order valence-corrected chi connectivity index (χ2v) is 8.33. The molecule has 0 spiro atoms. The monoisotopic (exact) mass is 430 g/mol. The third-order valence-corrected chi connectivity index (χ3v) is 6.06. The van der Waals surface area contributed by atoms with E-state index >= 15 is 0 Å². The van der Waals surface area contributed by atoms with Crippen molar-refractivity contribution in [3.8, 4) is 0 Å². The molecule has 0 aromatic heterocycles. The highest BCUT2D eigenvalue weighted by Gasteiger charge is 2.46. The van der Waals surface area contributed by atoms with E-state index in [1.165, 1.54) is 13.8 Å². The van der Waals surface area contributed by atoms with Crippen LogP contribution in [0.4, 0.5) is 5.69 Å². The van der Waals surface area contributed by atoms with Crippen LogP contribution in [0.2, 0.25) is 0 Å². The Labute approximate surface area is 182 Å². The maximum Gasteiger partial charge on any atom is 0.313 e. The molecule has 1 aliphatic heterocycles. The van der Waals surface area contributed by atoms with E-state index in [-0.39, 0.29) is 18.1 Å². The van der Waals surface area contributed by atoms with Gasteiger partial charge >= 0.3 is 5.97 Å². The third kappa shape index (κ3) is 5.70. The van der Waals surface area contributed by atoms with E-state index in [0.29, 0.717) is 50.4 Å². The topological polar surface area (TPSA) is 102 Å². The quantitative estimate of drug-likeness (QED) is 0.527. The molecule has 0 radical (unpaired) electrons. The summed E-state index contributed by atoms with van der Waals surface area (Å²) in [6.07, 6.45) is 1.98. The minimum atomic E-state index is -1.00. The van der Waals surface area contributed by atoms with Crippen LogP contribution < -0.4 is 5.32 Å². The van der Waals surface area contributed by atoms with Crippen LogP contribution in [0.5, 0.6) is 0 Å². The molecule has 1 N–H and O–H groups in total. The standard InChI is InChI=1S/C23H30N2O6/c1-16(26)18-5-7-19(8-6-18)24-21(28)17(2)31-22(29)23(9-3-4-10-23)15-20(27)25-11-13-30-14-12-25/h5-8,17H,3-4,9-15H2,1-2H3,(H,24,28). The lowest BCUT2D eigenvalue weighted by Gasteiger charge is -2.32. The van der Waals surface area contributed by atoms with Crippen molar-refractivity contribution in [1.29, 1.82) is 0 Å². The van der Waals surface area contributed by atoms with Gasteiger partial charge in [0.1, 0.15) is 0 Å². The average molecular weight is 431 g/mol. The van der Waals surface area contributed by atoms with E-state index in [4.69, 9.17) is 9.47 Å². The van der Waals surface area contributed by atoms with E-state index in [9.17, 15) is 19.2 Å². The Morgan fingerprint density at radius 3 is 2.29 bits per heavy atom. The lowest BCUT2D eigenvalue weighted by molar-refractivity contribution is -0.166. The Balaban J connectivity index is 1.59. The third-order valence-electron chi connectivity index (χ3n) is 6.06. The highest BCUT2D eigenvalue weighted by atomic mass is 16.5. The van der Waals surface area contributed by atoms with Crippen LogP contribution in [0.15, 0.2) is 24.3 Å². The first-order valence-electron chi connectivity index (χ1n) is 10.8. The summed E-state index contributed by atoms with van der Waals surface area (Å²) < 4.78 is 10.8. The van der Waals surface area contributed by atoms with Crippen LogP contribution in [0.3, 0.4) is 0 Å². The Bertz CT molecular complexity index is 823. The fourth-order valence-electron chi connectivity index (χ4n) is 4.09. The van der Waals surface area contributed by atoms with Crippen molar-refractivity contribution in [2.24, 2.45) is 5.41 Å². The number of rotatable bonds is 7. The summed E-state index contributed by atoms with van der Waals surface area (Å²) in [4.78, 5) is 51.4. The van der Waals surface area contributed by atoms with Gasteiger partial charge in [-0.15, -0.1) is 0 Å². The summed E-state index contributed by atoms with van der Waals surface area (Å²) in [5, 5.41) is 2.69. The smallest absolute Gasteiger partial charge is 0.313 e. The number of nitrogens with zero attached hydrogens (tertiary/aromatic N) is 1. The molecule has 2 fully saturated rings. The van der Waals surface area contributed by atoms with Crippen LogP contribution in [0.1, 0.15) is 56.3 Å². The van der Waals surface area contributed by atoms with Crippen molar-refractivity contribution >= 4 is 29.3 Å². The molecule has 1 saturated carbocycles. The molecule has 8 nitrogen and oxygen atoms in total. The molecular weight excluding hydrogens is 400 g/mol. The van der Waals surface area contributed by atoms with E-state index in [2.05, 4.69) is 5.32 Å². The number of benzene rings is 1. The Morgan fingerprint density at radius 2 is 1.71 bits per heavy atom. The normalized spacial score (nSPS) is 18.8. The number of amides is 2. The molecule has 0 bridgehead atoms. The van der Waals surface area contributed by atoms with E-state index in [0.717, 1.165) is 12.8 Å². The van der Waals surface area contributed by atoms with Crippen molar-refractivity contribution in [2.75, 3.05) is 31.6 Å². The number of anilines is 1. The molecule has 1 aromatic carbocycles. The molecule has 8 heteroatoms. The van der Waals surface area contributed by atoms with Gasteiger partial charge in [-0.1, -0.05) is 12.8 Å². The molecule has 2 amide bonds. The van der Waals surface area contributed by atoms with E-state index in [1.807, 2.05) is 0 Å². The summed E-state index contributed by atoms with van der Waals surface area (Å²) in [5.41, 5.74) is 0.189. The van der Waals surface area contributed by atoms with Gasteiger partial charge in [0, 0.05) is 30.8 Å². The maximum atomic E-state index is 13.0. The Kier molecular flexibility index (Phi) is 7.43. The number of morpholine rings is 1. The first-order chi connectivity index (χ1) is 14.8. The summed E-state index contributed by atoms with van der Waals surface area (Å²) >= 11 is 0. The molecule has 2 aliphatic rings. The van der Waals surface area contributed by atoms with Crippen LogP contribution in [-0.2, 0) is 23.9 Å². The predicted octanol–water partition coefficient (Wildman–Crippen LogP) is 2.57. The summed E-state index contributed by atoms with van der Waals surface area (Å²) in [7, 11) is 0. The molecule has 1 saturated heterocycles. The minimum Gasteiger partial charge on any atom is -0.452 e. The summed E-state index contributed by atoms with van der Waals surface area (Å²) in [6, 6.07) is 6.50. The highest BCUT2D eigenvalue weighted by molar-refractivity contribution is 5.97. The Hall–Kier alpha value is -2.74. The molecule has 3 rings (SSSR count). The zero-order valence-corrected chi connectivity index (χ0v) is 18.1. The van der Waals surface area contributed by atoms with Crippen molar-refractivity contribution in [3.05, 3.63) is 29.8 Å².